The summed E-state index contributed by atoms with van der Waals surface area (Å²) in [6, 6.07) is 0.0580. The van der Waals surface area contributed by atoms with Gasteiger partial charge in [-0.2, -0.15) is 0 Å². The van der Waals surface area contributed by atoms with Crippen molar-refractivity contribution in [1.82, 2.24) is 15.4 Å². The number of amides is 1. The Hall–Kier alpha value is -1.70. The molecule has 1 amide bonds. The molecular weight excluding hydrogens is 350 g/mol. The van der Waals surface area contributed by atoms with Crippen LogP contribution in [0, 0.1) is 13.8 Å². The topological polar surface area (TPSA) is 67.6 Å². The normalized spacial score (nSPS) is 15.7. The van der Waals surface area contributed by atoms with Gasteiger partial charge in [0.2, 0.25) is 0 Å². The first-order valence-electron chi connectivity index (χ1n) is 9.06. The standard InChI is InChI=1S/C19H27N3O3S/c1-5-14(10-24-4)20-19(23)17-11-26-18-9-22(7-6-15(17)18)8-16-12(2)21-25-13(16)3/h11,14H,5-10H2,1-4H3,(H,20,23). The quantitative estimate of drug-likeness (QED) is 0.803. The molecule has 2 aromatic heterocycles. The molecule has 0 spiro atoms. The number of methoxy groups -OCH3 is 1. The monoisotopic (exact) mass is 377 g/mol. The van der Waals surface area contributed by atoms with Gasteiger partial charge in [0.05, 0.1) is 23.9 Å². The maximum Gasteiger partial charge on any atom is 0.252 e. The van der Waals surface area contributed by atoms with Crippen LogP contribution in [0.5, 0.6) is 0 Å². The summed E-state index contributed by atoms with van der Waals surface area (Å²) in [6.07, 6.45) is 1.75. The van der Waals surface area contributed by atoms with Gasteiger partial charge in [-0.3, -0.25) is 9.69 Å². The second kappa shape index (κ2) is 8.33. The molecular formula is C19H27N3O3S. The molecule has 0 aromatic carbocycles. The second-order valence-electron chi connectivity index (χ2n) is 6.85. The summed E-state index contributed by atoms with van der Waals surface area (Å²) in [5.74, 6) is 0.911. The summed E-state index contributed by atoms with van der Waals surface area (Å²) in [5.41, 5.74) is 4.17. The molecule has 0 fully saturated rings. The highest BCUT2D eigenvalue weighted by atomic mass is 32.1. The Bertz CT molecular complexity index is 749. The van der Waals surface area contributed by atoms with Gasteiger partial charge in [0.1, 0.15) is 5.76 Å². The Kier molecular flexibility index (Phi) is 6.11. The number of rotatable bonds is 7. The van der Waals surface area contributed by atoms with Crippen LogP contribution in [0.3, 0.4) is 0 Å². The van der Waals surface area contributed by atoms with Crippen molar-refractivity contribution < 1.29 is 14.1 Å². The first-order chi connectivity index (χ1) is 12.5. The number of carbonyl (C=O) groups excluding carboxylic acids is 1. The Morgan fingerprint density at radius 1 is 1.50 bits per heavy atom. The van der Waals surface area contributed by atoms with Gasteiger partial charge in [-0.25, -0.2) is 0 Å². The van der Waals surface area contributed by atoms with Crippen LogP contribution in [0.25, 0.3) is 0 Å². The number of nitrogens with zero attached hydrogens (tertiary/aromatic N) is 2. The highest BCUT2D eigenvalue weighted by Crippen LogP contribution is 2.30. The first kappa shape index (κ1) is 19.1. The Labute approximate surface area is 158 Å². The molecule has 1 aliphatic heterocycles. The summed E-state index contributed by atoms with van der Waals surface area (Å²) in [7, 11) is 1.66. The summed E-state index contributed by atoms with van der Waals surface area (Å²) < 4.78 is 10.4. The molecule has 1 aliphatic rings. The average molecular weight is 378 g/mol. The van der Waals surface area contributed by atoms with E-state index in [0.717, 1.165) is 49.5 Å². The summed E-state index contributed by atoms with van der Waals surface area (Å²) in [6.45, 7) is 9.18. The number of nitrogens with one attached hydrogen (secondary N) is 1. The van der Waals surface area contributed by atoms with E-state index >= 15 is 0 Å². The number of aryl methyl sites for hydroxylation is 2. The fraction of sp³-hybridized carbons (Fsp3) is 0.579. The zero-order chi connectivity index (χ0) is 18.7. The van der Waals surface area contributed by atoms with E-state index in [1.807, 2.05) is 19.2 Å². The van der Waals surface area contributed by atoms with Crippen molar-refractivity contribution in [3.63, 3.8) is 0 Å². The van der Waals surface area contributed by atoms with E-state index in [1.54, 1.807) is 18.4 Å². The highest BCUT2D eigenvalue weighted by molar-refractivity contribution is 7.10. The Morgan fingerprint density at radius 3 is 2.96 bits per heavy atom. The third kappa shape index (κ3) is 4.00. The smallest absolute Gasteiger partial charge is 0.252 e. The van der Waals surface area contributed by atoms with Crippen LogP contribution >= 0.6 is 11.3 Å². The fourth-order valence-electron chi connectivity index (χ4n) is 3.38. The van der Waals surface area contributed by atoms with Crippen molar-refractivity contribution in [1.29, 1.82) is 0 Å². The molecule has 142 valence electrons. The predicted molar refractivity (Wildman–Crippen MR) is 102 cm³/mol. The van der Waals surface area contributed by atoms with Crippen LogP contribution in [0.2, 0.25) is 0 Å². The second-order valence-corrected chi connectivity index (χ2v) is 7.81. The minimum atomic E-state index is 0.0190. The van der Waals surface area contributed by atoms with E-state index in [4.69, 9.17) is 9.26 Å². The van der Waals surface area contributed by atoms with Crippen molar-refractivity contribution >= 4 is 17.2 Å². The van der Waals surface area contributed by atoms with Crippen LogP contribution in [-0.2, 0) is 24.2 Å². The molecule has 2 aromatic rings. The highest BCUT2D eigenvalue weighted by Gasteiger charge is 2.25. The molecule has 0 saturated carbocycles. The van der Waals surface area contributed by atoms with Gasteiger partial charge in [-0.15, -0.1) is 11.3 Å². The van der Waals surface area contributed by atoms with Gasteiger partial charge in [0.25, 0.3) is 5.91 Å². The van der Waals surface area contributed by atoms with Crippen LogP contribution in [-0.4, -0.2) is 42.3 Å². The van der Waals surface area contributed by atoms with Gasteiger partial charge < -0.3 is 14.6 Å². The number of fused-ring (bicyclic) bond motifs is 1. The van der Waals surface area contributed by atoms with Crippen molar-refractivity contribution in [3.8, 4) is 0 Å². The van der Waals surface area contributed by atoms with Gasteiger partial charge in [-0.05, 0) is 32.3 Å². The van der Waals surface area contributed by atoms with E-state index in [0.29, 0.717) is 6.61 Å². The largest absolute Gasteiger partial charge is 0.383 e. The summed E-state index contributed by atoms with van der Waals surface area (Å²) >= 11 is 1.68. The van der Waals surface area contributed by atoms with Crippen molar-refractivity contribution in [2.45, 2.75) is 52.7 Å². The number of carbonyl (C=O) groups is 1. The number of ether oxygens (including phenoxy) is 1. The lowest BCUT2D eigenvalue weighted by atomic mass is 10.0. The van der Waals surface area contributed by atoms with E-state index in [9.17, 15) is 4.79 Å². The number of aromatic nitrogens is 1. The van der Waals surface area contributed by atoms with Crippen molar-refractivity contribution in [3.05, 3.63) is 38.4 Å². The maximum atomic E-state index is 12.7. The molecule has 1 atom stereocenters. The van der Waals surface area contributed by atoms with Crippen LogP contribution < -0.4 is 5.32 Å². The van der Waals surface area contributed by atoms with E-state index in [1.165, 1.54) is 16.0 Å². The lowest BCUT2D eigenvalue weighted by molar-refractivity contribution is 0.0893. The van der Waals surface area contributed by atoms with E-state index in [2.05, 4.69) is 22.3 Å². The number of hydrogen-bond donors (Lipinski definition) is 1. The zero-order valence-corrected chi connectivity index (χ0v) is 16.7. The maximum absolute atomic E-state index is 12.7. The van der Waals surface area contributed by atoms with Gasteiger partial charge in [0, 0.05) is 42.6 Å². The number of thiophene rings is 1. The fourth-order valence-corrected chi connectivity index (χ4v) is 4.50. The Balaban J connectivity index is 1.67. The molecule has 7 heteroatoms. The number of hydrogen-bond acceptors (Lipinski definition) is 6. The molecule has 6 nitrogen and oxygen atoms in total. The average Bonchev–Trinajstić information content (AvgIpc) is 3.19. The van der Waals surface area contributed by atoms with Gasteiger partial charge in [0.15, 0.2) is 0 Å². The molecule has 0 saturated heterocycles. The van der Waals surface area contributed by atoms with Crippen molar-refractivity contribution in [2.75, 3.05) is 20.3 Å². The lowest BCUT2D eigenvalue weighted by Gasteiger charge is -2.27. The molecule has 3 heterocycles. The third-order valence-corrected chi connectivity index (χ3v) is 6.04. The van der Waals surface area contributed by atoms with Crippen LogP contribution in [0.1, 0.15) is 51.2 Å². The molecule has 26 heavy (non-hydrogen) atoms. The Morgan fingerprint density at radius 2 is 2.31 bits per heavy atom. The molecule has 1 N–H and O–H groups in total. The summed E-state index contributed by atoms with van der Waals surface area (Å²) in [4.78, 5) is 16.3. The zero-order valence-electron chi connectivity index (χ0n) is 15.9. The SMILES string of the molecule is CCC(COC)NC(=O)c1csc2c1CCN(Cc1c(C)noc1C)C2. The molecule has 0 radical (unpaired) electrons. The van der Waals surface area contributed by atoms with Crippen LogP contribution in [0.15, 0.2) is 9.90 Å². The molecule has 0 bridgehead atoms. The first-order valence-corrected chi connectivity index (χ1v) is 9.94. The third-order valence-electron chi connectivity index (χ3n) is 5.03. The van der Waals surface area contributed by atoms with Crippen molar-refractivity contribution in [2.24, 2.45) is 0 Å². The van der Waals surface area contributed by atoms with E-state index < -0.39 is 0 Å². The molecule has 3 rings (SSSR count). The van der Waals surface area contributed by atoms with Crippen LogP contribution in [0.4, 0.5) is 0 Å². The van der Waals surface area contributed by atoms with E-state index in [-0.39, 0.29) is 11.9 Å². The predicted octanol–water partition coefficient (Wildman–Crippen LogP) is 3.07. The minimum Gasteiger partial charge on any atom is -0.383 e. The summed E-state index contributed by atoms with van der Waals surface area (Å²) in [5, 5.41) is 9.13. The molecule has 1 unspecified atom stereocenters. The lowest BCUT2D eigenvalue weighted by Crippen LogP contribution is -2.38. The van der Waals surface area contributed by atoms with Gasteiger partial charge in [-0.1, -0.05) is 12.1 Å². The minimum absolute atomic E-state index is 0.0190. The molecule has 0 aliphatic carbocycles. The van der Waals surface area contributed by atoms with Gasteiger partial charge >= 0.3 is 0 Å².